The zero-order chi connectivity index (χ0) is 55.5. The van der Waals surface area contributed by atoms with E-state index in [2.05, 4.69) is 70.4 Å². The number of aliphatic hydroxyl groups excluding tert-OH is 3. The molecule has 17 N–H and O–H groups in total. The topological polar surface area (TPSA) is 452 Å². The maximum atomic E-state index is 13.8. The summed E-state index contributed by atoms with van der Waals surface area (Å²) in [5.74, 6) is -12.0. The number of nitrogens with zero attached hydrogens (tertiary/aromatic N) is 1. The van der Waals surface area contributed by atoms with Crippen molar-refractivity contribution in [2.45, 2.75) is 134 Å². The Labute approximate surface area is 431 Å². The molecule has 0 aliphatic rings. The molecule has 1 heterocycles. The van der Waals surface area contributed by atoms with Crippen molar-refractivity contribution in [1.29, 1.82) is 0 Å². The second-order valence-electron chi connectivity index (χ2n) is 17.6. The molecule has 9 amide bonds. The molecule has 0 bridgehead atoms. The number of carbonyl (C=O) groups is 11. The molecular weight excluding hydrogens is 1000 g/mol. The molecule has 73 heavy (non-hydrogen) atoms. The van der Waals surface area contributed by atoms with Crippen LogP contribution in [0.4, 0.5) is 0 Å². The zero-order valence-corrected chi connectivity index (χ0v) is 43.2. The number of thiol groups is 1. The Morgan fingerprint density at radius 1 is 0.575 bits per heavy atom. The normalized spacial score (nSPS) is 15.3. The molecular formula is C43H72N12O16S2. The van der Waals surface area contributed by atoms with Crippen LogP contribution < -0.4 is 53.6 Å². The fraction of sp³-hybridized carbons (Fsp3) is 0.674. The second kappa shape index (κ2) is 33.6. The van der Waals surface area contributed by atoms with Gasteiger partial charge in [0.25, 0.3) is 0 Å². The summed E-state index contributed by atoms with van der Waals surface area (Å²) in [4.78, 5) is 150. The molecule has 0 saturated carbocycles. The molecule has 1 rings (SSSR count). The van der Waals surface area contributed by atoms with Crippen LogP contribution in [0.3, 0.4) is 0 Å². The molecule has 0 spiro atoms. The minimum Gasteiger partial charge on any atom is -0.481 e. The van der Waals surface area contributed by atoms with Crippen LogP contribution in [0.15, 0.2) is 12.5 Å². The highest BCUT2D eigenvalue weighted by Gasteiger charge is 2.36. The number of nitrogens with one attached hydrogen (secondary N) is 10. The summed E-state index contributed by atoms with van der Waals surface area (Å²) in [6.07, 6.45) is 3.10. The summed E-state index contributed by atoms with van der Waals surface area (Å²) < 4.78 is 0. The average Bonchev–Trinajstić information content (AvgIpc) is 3.85. The lowest BCUT2D eigenvalue weighted by molar-refractivity contribution is -0.142. The maximum absolute atomic E-state index is 13.8. The van der Waals surface area contributed by atoms with E-state index in [-0.39, 0.29) is 36.9 Å². The fourth-order valence-corrected chi connectivity index (χ4v) is 7.23. The Hall–Kier alpha value is -6.08. The first-order valence-corrected chi connectivity index (χ1v) is 25.2. The highest BCUT2D eigenvalue weighted by atomic mass is 32.2. The van der Waals surface area contributed by atoms with E-state index in [0.717, 1.165) is 0 Å². The number of amides is 9. The van der Waals surface area contributed by atoms with Gasteiger partial charge in [-0.15, -0.1) is 0 Å². The predicted molar refractivity (Wildman–Crippen MR) is 265 cm³/mol. The van der Waals surface area contributed by atoms with Crippen LogP contribution in [0.25, 0.3) is 0 Å². The Kier molecular flexibility index (Phi) is 29.9. The third-order valence-electron chi connectivity index (χ3n) is 10.5. The Morgan fingerprint density at radius 2 is 0.959 bits per heavy atom. The van der Waals surface area contributed by atoms with Gasteiger partial charge in [-0.1, -0.05) is 27.7 Å². The Morgan fingerprint density at radius 3 is 1.36 bits per heavy atom. The molecule has 0 aromatic carbocycles. The van der Waals surface area contributed by atoms with E-state index in [0.29, 0.717) is 17.9 Å². The molecule has 10 atom stereocenters. The number of H-pyrrole nitrogens is 1. The van der Waals surface area contributed by atoms with Crippen LogP contribution in [0, 0.1) is 11.8 Å². The number of carboxylic acids is 2. The monoisotopic (exact) mass is 1080 g/mol. The number of hydrogen-bond acceptors (Lipinski definition) is 18. The number of rotatable bonds is 35. The minimum atomic E-state index is -1.91. The van der Waals surface area contributed by atoms with E-state index >= 15 is 0 Å². The smallest absolute Gasteiger partial charge is 0.325 e. The van der Waals surface area contributed by atoms with E-state index in [9.17, 15) is 78.3 Å². The van der Waals surface area contributed by atoms with Gasteiger partial charge in [-0.3, -0.25) is 52.7 Å². The molecule has 1 aromatic rings. The predicted octanol–water partition coefficient (Wildman–Crippen LogP) is -5.64. The van der Waals surface area contributed by atoms with Gasteiger partial charge in [0.15, 0.2) is 0 Å². The van der Waals surface area contributed by atoms with Crippen LogP contribution in [-0.2, 0) is 59.2 Å². The van der Waals surface area contributed by atoms with Crippen molar-refractivity contribution in [2.75, 3.05) is 37.6 Å². The third kappa shape index (κ3) is 24.0. The SMILES string of the molecule is CSCC[C@H](N)C(=O)N[C@@H](CS)C(=O)N[C@@H](CO)C(=O)N[C@@H](CC(C)C)C(=O)N[C@@H](CO)C(=O)N[C@@H](CO)C(=O)N[C@@H](CCC(=O)O)C(=O)N[C@@H](Cc1cnc[nH]1)C(=O)N[C@@H](CC(C)C)C(=O)N[C@@H](C)C(=O)O. The first-order valence-electron chi connectivity index (χ1n) is 23.2. The van der Waals surface area contributed by atoms with Crippen molar-refractivity contribution in [1.82, 2.24) is 57.8 Å². The first kappa shape index (κ1) is 64.9. The summed E-state index contributed by atoms with van der Waals surface area (Å²) in [5, 5.41) is 70.0. The highest BCUT2D eigenvalue weighted by molar-refractivity contribution is 7.98. The molecule has 0 aliphatic heterocycles. The lowest BCUT2D eigenvalue weighted by Crippen LogP contribution is -2.62. The summed E-state index contributed by atoms with van der Waals surface area (Å²) in [6, 6.07) is -15.0. The zero-order valence-electron chi connectivity index (χ0n) is 41.5. The van der Waals surface area contributed by atoms with Crippen molar-refractivity contribution in [2.24, 2.45) is 17.6 Å². The summed E-state index contributed by atoms with van der Waals surface area (Å²) in [5.41, 5.74) is 6.19. The number of thioether (sulfide) groups is 1. The van der Waals surface area contributed by atoms with Crippen molar-refractivity contribution >= 4 is 89.5 Å². The van der Waals surface area contributed by atoms with Crippen molar-refractivity contribution in [3.8, 4) is 0 Å². The van der Waals surface area contributed by atoms with Gasteiger partial charge >= 0.3 is 11.9 Å². The van der Waals surface area contributed by atoms with E-state index in [4.69, 9.17) is 5.73 Å². The first-order chi connectivity index (χ1) is 34.3. The third-order valence-corrected chi connectivity index (χ3v) is 11.5. The number of nitrogens with two attached hydrogens (primary N) is 1. The number of aromatic amines is 1. The fourth-order valence-electron chi connectivity index (χ4n) is 6.48. The molecule has 30 heteroatoms. The standard InChI is InChI=1S/C43H72N12O16S2/c1-20(2)11-26(36(63)47-22(5)43(70)71)49-38(65)28(13-23-14-45-19-46-23)51-35(62)25(7-8-33(59)60)48-39(66)29(15-56)53-41(68)31(17-58)52-37(64)27(12-21(3)4)50-40(67)30(16-57)54-42(69)32(18-72)55-34(61)24(44)9-10-73-6/h14,19-22,24-32,56-58,72H,7-13,15-18,44H2,1-6H3,(H,45,46)(H,47,63)(H,48,66)(H,49,65)(H,50,67)(H,51,62)(H,52,64)(H,53,68)(H,54,69)(H,55,61)(H,59,60)(H,70,71)/t22-,24-,25-,26-,27-,28-,29-,30-,31-,32-/m0/s1. The Bertz CT molecular complexity index is 2020. The molecule has 412 valence electrons. The molecule has 0 unspecified atom stereocenters. The minimum absolute atomic E-state index is 0.0409. The quantitative estimate of drug-likeness (QED) is 0.0282. The number of aliphatic hydroxyl groups is 3. The van der Waals surface area contributed by atoms with Gasteiger partial charge in [-0.25, -0.2) is 4.98 Å². The summed E-state index contributed by atoms with van der Waals surface area (Å²) >= 11 is 5.55. The van der Waals surface area contributed by atoms with Gasteiger partial charge in [0.2, 0.25) is 53.2 Å². The van der Waals surface area contributed by atoms with Crippen molar-refractivity contribution < 1.29 is 78.3 Å². The van der Waals surface area contributed by atoms with E-state index in [1.807, 2.05) is 6.26 Å². The summed E-state index contributed by atoms with van der Waals surface area (Å²) in [6.45, 7) is 4.83. The molecule has 28 nitrogen and oxygen atoms in total. The number of hydrogen-bond donors (Lipinski definition) is 17. The number of imidazole rings is 1. The largest absolute Gasteiger partial charge is 0.481 e. The molecule has 0 aliphatic carbocycles. The van der Waals surface area contributed by atoms with Crippen LogP contribution in [-0.4, -0.2) is 199 Å². The van der Waals surface area contributed by atoms with Gasteiger partial charge < -0.3 is 84.1 Å². The van der Waals surface area contributed by atoms with Gasteiger partial charge in [-0.05, 0) is 56.5 Å². The number of aliphatic carboxylic acids is 2. The van der Waals surface area contributed by atoms with Crippen LogP contribution in [0.5, 0.6) is 0 Å². The van der Waals surface area contributed by atoms with Crippen LogP contribution >= 0.6 is 24.4 Å². The lowest BCUT2D eigenvalue weighted by atomic mass is 10.0. The second-order valence-corrected chi connectivity index (χ2v) is 19.0. The number of aromatic nitrogens is 2. The number of carbonyl (C=O) groups excluding carboxylic acids is 9. The van der Waals surface area contributed by atoms with E-state index < -0.39 is 158 Å². The van der Waals surface area contributed by atoms with Gasteiger partial charge in [0.1, 0.15) is 54.4 Å². The van der Waals surface area contributed by atoms with Crippen LogP contribution in [0.2, 0.25) is 0 Å². The summed E-state index contributed by atoms with van der Waals surface area (Å²) in [7, 11) is 0. The average molecular weight is 1080 g/mol. The van der Waals surface area contributed by atoms with Gasteiger partial charge in [-0.2, -0.15) is 24.4 Å². The van der Waals surface area contributed by atoms with Gasteiger partial charge in [0.05, 0.1) is 32.2 Å². The van der Waals surface area contributed by atoms with Crippen molar-refractivity contribution in [3.05, 3.63) is 18.2 Å². The number of carboxylic acid groups (broad SMARTS) is 2. The Balaban J connectivity index is 3.27. The van der Waals surface area contributed by atoms with Crippen LogP contribution in [0.1, 0.15) is 72.4 Å². The van der Waals surface area contributed by atoms with Gasteiger partial charge in [0, 0.05) is 30.5 Å². The molecule has 0 radical (unpaired) electrons. The molecule has 0 fully saturated rings. The highest BCUT2D eigenvalue weighted by Crippen LogP contribution is 2.10. The lowest BCUT2D eigenvalue weighted by Gasteiger charge is -2.27. The van der Waals surface area contributed by atoms with E-state index in [1.165, 1.54) is 31.2 Å². The maximum Gasteiger partial charge on any atom is 0.325 e. The molecule has 0 saturated heterocycles. The van der Waals surface area contributed by atoms with Crippen molar-refractivity contribution in [3.63, 3.8) is 0 Å². The molecule has 1 aromatic heterocycles. The van der Waals surface area contributed by atoms with E-state index in [1.54, 1.807) is 27.7 Å².